The molecule has 14 heteroatoms. The molecule has 0 aromatic heterocycles. The van der Waals surface area contributed by atoms with Gasteiger partial charge in [-0.1, -0.05) is 38.0 Å². The fraction of sp³-hybridized carbons (Fsp3) is 0.875. The highest BCUT2D eigenvalue weighted by Crippen LogP contribution is 2.67. The highest BCUT2D eigenvalue weighted by molar-refractivity contribution is 5.89. The molecular weight excluding hydrogens is 704 g/mol. The summed E-state index contributed by atoms with van der Waals surface area (Å²) in [5.41, 5.74) is 2.65. The van der Waals surface area contributed by atoms with E-state index in [9.17, 15) is 45.6 Å². The molecule has 1 unspecified atom stereocenters. The standard InChI is InChI=1S/C40H62O14/c1-17-12-26(52-36(49)18(17)2)19(3)23-8-9-24-22-7-6-20-13-21(14-29(42)40(20,5)25(22)10-11-39(23,24)4)51-38-35(48)33(46)31(44)28(54-38)16-50-37-34(47)32(45)30(43)27(15-41)53-37/h6,19,21-35,37-38,41-48H,7-16H2,1-5H3/t19-,21+,22-,23+,24-,25-,26+,27+,28+,29-,30+,31+,32-,33-,34+,35+,37?,38+,39+,40-/m0/s1. The van der Waals surface area contributed by atoms with Crippen LogP contribution in [0, 0.1) is 40.4 Å². The zero-order chi connectivity index (χ0) is 39.0. The number of carbonyl (C=O) groups excluding carboxylic acids is 1. The van der Waals surface area contributed by atoms with E-state index in [2.05, 4.69) is 26.8 Å². The minimum atomic E-state index is -1.67. The number of rotatable bonds is 8. The normalized spacial score (nSPS) is 51.5. The van der Waals surface area contributed by atoms with Crippen molar-refractivity contribution in [1.29, 1.82) is 0 Å². The molecule has 54 heavy (non-hydrogen) atoms. The fourth-order valence-corrected chi connectivity index (χ4v) is 11.9. The second-order valence-corrected chi connectivity index (χ2v) is 18.0. The summed E-state index contributed by atoms with van der Waals surface area (Å²) < 4.78 is 29.1. The maximum absolute atomic E-state index is 12.6. The number of hydrogen-bond acceptors (Lipinski definition) is 14. The number of aliphatic hydroxyl groups is 8. The molecule has 8 N–H and O–H groups in total. The van der Waals surface area contributed by atoms with Gasteiger partial charge in [0, 0.05) is 23.8 Å². The molecule has 2 saturated heterocycles. The number of fused-ring (bicyclic) bond motifs is 5. The Morgan fingerprint density at radius 3 is 2.20 bits per heavy atom. The van der Waals surface area contributed by atoms with E-state index in [1.165, 1.54) is 0 Å². The lowest BCUT2D eigenvalue weighted by Crippen LogP contribution is -2.62. The first-order chi connectivity index (χ1) is 25.5. The van der Waals surface area contributed by atoms with Crippen LogP contribution in [0.25, 0.3) is 0 Å². The number of aliphatic hydroxyl groups excluding tert-OH is 8. The van der Waals surface area contributed by atoms with Crippen LogP contribution in [0.15, 0.2) is 22.8 Å². The molecule has 306 valence electrons. The second-order valence-electron chi connectivity index (χ2n) is 18.0. The lowest BCUT2D eigenvalue weighted by Gasteiger charge is -2.60. The minimum absolute atomic E-state index is 0.103. The maximum atomic E-state index is 12.6. The topological polar surface area (TPSA) is 225 Å². The molecule has 0 aromatic rings. The molecule has 0 radical (unpaired) electrons. The average molecular weight is 767 g/mol. The van der Waals surface area contributed by atoms with Crippen LogP contribution in [0.3, 0.4) is 0 Å². The predicted octanol–water partition coefficient (Wildman–Crippen LogP) is 0.834. The maximum Gasteiger partial charge on any atom is 0.333 e. The van der Waals surface area contributed by atoms with Gasteiger partial charge in [-0.2, -0.15) is 0 Å². The van der Waals surface area contributed by atoms with Crippen LogP contribution in [0.5, 0.6) is 0 Å². The van der Waals surface area contributed by atoms with Crippen molar-refractivity contribution in [2.24, 2.45) is 40.4 Å². The Balaban J connectivity index is 1.00. The van der Waals surface area contributed by atoms with Gasteiger partial charge in [0.2, 0.25) is 0 Å². The summed E-state index contributed by atoms with van der Waals surface area (Å²) in [4.78, 5) is 12.6. The Morgan fingerprint density at radius 2 is 1.52 bits per heavy atom. The number of cyclic esters (lactones) is 1. The summed E-state index contributed by atoms with van der Waals surface area (Å²) in [5, 5.41) is 84.3. The molecule has 7 aliphatic rings. The van der Waals surface area contributed by atoms with Gasteiger partial charge in [-0.25, -0.2) is 4.79 Å². The van der Waals surface area contributed by atoms with Crippen LogP contribution in [-0.4, -0.2) is 140 Å². The predicted molar refractivity (Wildman–Crippen MR) is 190 cm³/mol. The highest BCUT2D eigenvalue weighted by atomic mass is 16.7. The number of carbonyl (C=O) groups is 1. The Hall–Kier alpha value is -1.53. The summed E-state index contributed by atoms with van der Waals surface area (Å²) in [5.74, 6) is 1.72. The summed E-state index contributed by atoms with van der Waals surface area (Å²) in [6.07, 6.45) is -7.38. The van der Waals surface area contributed by atoms with Gasteiger partial charge in [0.15, 0.2) is 12.6 Å². The molecule has 4 aliphatic carbocycles. The summed E-state index contributed by atoms with van der Waals surface area (Å²) in [7, 11) is 0. The fourth-order valence-electron chi connectivity index (χ4n) is 11.9. The molecule has 0 spiro atoms. The van der Waals surface area contributed by atoms with Crippen LogP contribution in [0.2, 0.25) is 0 Å². The van der Waals surface area contributed by atoms with E-state index >= 15 is 0 Å². The minimum Gasteiger partial charge on any atom is -0.458 e. The van der Waals surface area contributed by atoms with Gasteiger partial charge < -0.3 is 64.5 Å². The Bertz CT molecular complexity index is 1450. The lowest BCUT2D eigenvalue weighted by atomic mass is 9.46. The SMILES string of the molecule is CC1=C(C)C(=O)O[C@@H]([C@@H](C)[C@H]2CC[C@H]3[C@@H]4CC=C5C[C@@H](O[C@@H]6O[C@H](COC7O[C@H](CO)[C@@H](O)[C@H](O)[C@H]7O)[C@@H](O)[C@H](O)[C@H]6O)C[C@H](O)[C@]5(C)[C@H]4CC[C@]23C)C1. The van der Waals surface area contributed by atoms with Crippen molar-refractivity contribution >= 4 is 5.97 Å². The quantitative estimate of drug-likeness (QED) is 0.127. The summed E-state index contributed by atoms with van der Waals surface area (Å²) >= 11 is 0. The monoisotopic (exact) mass is 766 g/mol. The Morgan fingerprint density at radius 1 is 0.852 bits per heavy atom. The average Bonchev–Trinajstić information content (AvgIpc) is 3.50. The van der Waals surface area contributed by atoms with Gasteiger partial charge in [-0.3, -0.25) is 0 Å². The van der Waals surface area contributed by atoms with Crippen LogP contribution in [0.1, 0.15) is 86.0 Å². The molecule has 20 atom stereocenters. The van der Waals surface area contributed by atoms with Crippen LogP contribution < -0.4 is 0 Å². The largest absolute Gasteiger partial charge is 0.458 e. The summed E-state index contributed by atoms with van der Waals surface area (Å²) in [6, 6.07) is 0. The number of ether oxygens (including phenoxy) is 5. The molecule has 14 nitrogen and oxygen atoms in total. The van der Waals surface area contributed by atoms with Crippen molar-refractivity contribution < 1.29 is 69.3 Å². The molecule has 0 aromatic carbocycles. The van der Waals surface area contributed by atoms with Gasteiger partial charge >= 0.3 is 5.97 Å². The molecule has 3 heterocycles. The smallest absolute Gasteiger partial charge is 0.333 e. The van der Waals surface area contributed by atoms with E-state index in [4.69, 9.17) is 23.7 Å². The number of allylic oxidation sites excluding steroid dienone is 1. The molecule has 3 saturated carbocycles. The van der Waals surface area contributed by atoms with E-state index in [0.717, 1.165) is 55.2 Å². The molecule has 7 rings (SSSR count). The van der Waals surface area contributed by atoms with E-state index < -0.39 is 92.2 Å². The van der Waals surface area contributed by atoms with Crippen molar-refractivity contribution in [2.75, 3.05) is 13.2 Å². The first kappa shape index (κ1) is 40.7. The third-order valence-corrected chi connectivity index (χ3v) is 15.4. The number of esters is 1. The third kappa shape index (κ3) is 6.73. The van der Waals surface area contributed by atoms with Gasteiger partial charge in [0.25, 0.3) is 0 Å². The van der Waals surface area contributed by atoms with Crippen molar-refractivity contribution in [1.82, 2.24) is 0 Å². The van der Waals surface area contributed by atoms with Crippen molar-refractivity contribution in [3.05, 3.63) is 22.8 Å². The van der Waals surface area contributed by atoms with Gasteiger partial charge in [-0.05, 0) is 87.4 Å². The Labute approximate surface area is 317 Å². The van der Waals surface area contributed by atoms with Crippen LogP contribution >= 0.6 is 0 Å². The van der Waals surface area contributed by atoms with Gasteiger partial charge in [0.1, 0.15) is 54.9 Å². The van der Waals surface area contributed by atoms with Crippen LogP contribution in [0.4, 0.5) is 0 Å². The highest BCUT2D eigenvalue weighted by Gasteiger charge is 2.62. The van der Waals surface area contributed by atoms with Crippen molar-refractivity contribution in [3.8, 4) is 0 Å². The van der Waals surface area contributed by atoms with E-state index in [1.54, 1.807) is 0 Å². The zero-order valence-corrected chi connectivity index (χ0v) is 32.1. The molecular formula is C40H62O14. The third-order valence-electron chi connectivity index (χ3n) is 15.4. The van der Waals surface area contributed by atoms with Gasteiger partial charge in [-0.15, -0.1) is 0 Å². The molecule has 0 amide bonds. The first-order valence-electron chi connectivity index (χ1n) is 20.0. The Kier molecular flexibility index (Phi) is 11.5. The molecule has 5 fully saturated rings. The van der Waals surface area contributed by atoms with E-state index in [-0.39, 0.29) is 29.8 Å². The first-order valence-corrected chi connectivity index (χ1v) is 20.0. The molecule has 3 aliphatic heterocycles. The zero-order valence-electron chi connectivity index (χ0n) is 32.1. The lowest BCUT2D eigenvalue weighted by molar-refractivity contribution is -0.337. The second kappa shape index (κ2) is 15.3. The van der Waals surface area contributed by atoms with Gasteiger partial charge in [0.05, 0.1) is 25.4 Å². The molecule has 0 bridgehead atoms. The number of hydrogen-bond donors (Lipinski definition) is 8. The van der Waals surface area contributed by atoms with Crippen molar-refractivity contribution in [2.45, 2.75) is 166 Å². The van der Waals surface area contributed by atoms with E-state index in [0.29, 0.717) is 30.1 Å². The summed E-state index contributed by atoms with van der Waals surface area (Å²) in [6.45, 7) is 9.70. The van der Waals surface area contributed by atoms with Crippen molar-refractivity contribution in [3.63, 3.8) is 0 Å². The van der Waals surface area contributed by atoms with Crippen LogP contribution in [-0.2, 0) is 28.5 Å². The van der Waals surface area contributed by atoms with E-state index in [1.807, 2.05) is 13.8 Å².